The van der Waals surface area contributed by atoms with Crippen LogP contribution in [0.2, 0.25) is 0 Å². The molecule has 0 spiro atoms. The third-order valence-electron chi connectivity index (χ3n) is 6.29. The number of hydrogen-bond donors (Lipinski definition) is 3. The molecule has 3 N–H and O–H groups in total. The van der Waals surface area contributed by atoms with Gasteiger partial charge in [-0.3, -0.25) is 14.3 Å². The Bertz CT molecular complexity index is 1190. The number of hydrogen-bond acceptors (Lipinski definition) is 5. The van der Waals surface area contributed by atoms with Crippen LogP contribution in [0.15, 0.2) is 36.0 Å². The van der Waals surface area contributed by atoms with Crippen LogP contribution < -0.4 is 15.4 Å². The van der Waals surface area contributed by atoms with Crippen LogP contribution in [-0.2, 0) is 30.7 Å². The number of amides is 2. The second-order valence-corrected chi connectivity index (χ2v) is 10.1. The lowest BCUT2D eigenvalue weighted by Crippen LogP contribution is -2.42. The van der Waals surface area contributed by atoms with Gasteiger partial charge >= 0.3 is 6.18 Å². The summed E-state index contributed by atoms with van der Waals surface area (Å²) in [6, 6.07) is 6.38. The van der Waals surface area contributed by atoms with Crippen LogP contribution in [0.5, 0.6) is 5.75 Å². The van der Waals surface area contributed by atoms with Crippen molar-refractivity contribution in [1.82, 2.24) is 20.4 Å². The van der Waals surface area contributed by atoms with Crippen LogP contribution in [0, 0.1) is 5.92 Å². The van der Waals surface area contributed by atoms with Gasteiger partial charge < -0.3 is 20.5 Å². The number of aromatic nitrogens is 2. The molecule has 2 aliphatic rings. The minimum absolute atomic E-state index is 0.0625. The zero-order valence-electron chi connectivity index (χ0n) is 20.8. The largest absolute Gasteiger partial charge is 0.484 e. The molecule has 0 saturated heterocycles. The van der Waals surface area contributed by atoms with E-state index in [9.17, 15) is 27.9 Å². The average Bonchev–Trinajstić information content (AvgIpc) is 3.58. The first-order valence-electron chi connectivity index (χ1n) is 12.3. The smallest absolute Gasteiger partial charge is 0.422 e. The number of carbonyl (C=O) groups excluding carboxylic acids is 2. The molecule has 2 amide bonds. The topological polar surface area (TPSA) is 105 Å². The number of aliphatic hydroxyl groups is 1. The van der Waals surface area contributed by atoms with Crippen LogP contribution in [0.1, 0.15) is 60.4 Å². The number of nitrogens with one attached hydrogen (secondary N) is 2. The van der Waals surface area contributed by atoms with Crippen molar-refractivity contribution >= 4 is 11.8 Å². The van der Waals surface area contributed by atoms with Crippen LogP contribution in [0.25, 0.3) is 0 Å². The van der Waals surface area contributed by atoms with E-state index in [1.54, 1.807) is 16.8 Å². The number of alkyl halides is 3. The molecule has 2 aromatic rings. The Labute approximate surface area is 212 Å². The molecule has 200 valence electrons. The first-order chi connectivity index (χ1) is 17.4. The van der Waals surface area contributed by atoms with Gasteiger partial charge in [0.2, 0.25) is 0 Å². The summed E-state index contributed by atoms with van der Waals surface area (Å²) in [6.45, 7) is 2.11. The predicted octanol–water partition coefficient (Wildman–Crippen LogP) is 3.42. The number of rotatable bonds is 10. The van der Waals surface area contributed by atoms with Crippen molar-refractivity contribution in [1.29, 1.82) is 0 Å². The monoisotopic (exact) mass is 520 g/mol. The van der Waals surface area contributed by atoms with Gasteiger partial charge in [-0.2, -0.15) is 18.3 Å². The molecule has 1 aromatic heterocycles. The average molecular weight is 521 g/mol. The van der Waals surface area contributed by atoms with E-state index in [1.165, 1.54) is 38.8 Å². The number of fused-ring (bicyclic) bond motifs is 1. The SMILES string of the molecule is CC(C)(O)C(=O)NCc1c2c(nn1CCC1CC1)C/C(=C\Cc1cccc(OCC(F)(F)F)c1)NC2=O. The Morgan fingerprint density at radius 2 is 2.08 bits per heavy atom. The standard InChI is InChI=1S/C26H31F3N4O4/c1-25(2,36)24(35)30-14-21-22-20(32-33(21)11-10-16-6-7-16)13-18(31-23(22)34)9-8-17-4-3-5-19(12-17)37-15-26(27,28)29/h3-5,9,12,16,36H,6-8,10-11,13-15H2,1-2H3,(H,30,35)(H,31,34)/b18-9+. The predicted molar refractivity (Wildman–Crippen MR) is 129 cm³/mol. The van der Waals surface area contributed by atoms with Crippen LogP contribution in [-0.4, -0.2) is 45.1 Å². The van der Waals surface area contributed by atoms with Crippen LogP contribution in [0.3, 0.4) is 0 Å². The second kappa shape index (κ2) is 10.6. The highest BCUT2D eigenvalue weighted by Gasteiger charge is 2.31. The summed E-state index contributed by atoms with van der Waals surface area (Å²) >= 11 is 0. The first kappa shape index (κ1) is 26.7. The lowest BCUT2D eigenvalue weighted by molar-refractivity contribution is -0.153. The zero-order valence-corrected chi connectivity index (χ0v) is 20.8. The summed E-state index contributed by atoms with van der Waals surface area (Å²) in [7, 11) is 0. The van der Waals surface area contributed by atoms with Gasteiger partial charge in [-0.1, -0.05) is 31.1 Å². The molecule has 2 heterocycles. The van der Waals surface area contributed by atoms with Gasteiger partial charge in [-0.05, 0) is 50.3 Å². The Morgan fingerprint density at radius 1 is 1.32 bits per heavy atom. The molecule has 4 rings (SSSR count). The lowest BCUT2D eigenvalue weighted by atomic mass is 10.0. The molecule has 1 aliphatic heterocycles. The number of allylic oxidation sites excluding steroid dienone is 2. The Morgan fingerprint density at radius 3 is 2.76 bits per heavy atom. The van der Waals surface area contributed by atoms with Crippen LogP contribution in [0.4, 0.5) is 13.2 Å². The van der Waals surface area contributed by atoms with Crippen molar-refractivity contribution < 1.29 is 32.6 Å². The fraction of sp³-hybridized carbons (Fsp3) is 0.500. The molecule has 11 heteroatoms. The van der Waals surface area contributed by atoms with Crippen molar-refractivity contribution in [3.63, 3.8) is 0 Å². The lowest BCUT2D eigenvalue weighted by Gasteiger charge is -2.19. The minimum Gasteiger partial charge on any atom is -0.484 e. The van der Waals surface area contributed by atoms with Crippen LogP contribution >= 0.6 is 0 Å². The van der Waals surface area contributed by atoms with E-state index < -0.39 is 24.3 Å². The van der Waals surface area contributed by atoms with Gasteiger partial charge in [0.05, 0.1) is 23.5 Å². The van der Waals surface area contributed by atoms with E-state index in [2.05, 4.69) is 15.7 Å². The Kier molecular flexibility index (Phi) is 7.63. The summed E-state index contributed by atoms with van der Waals surface area (Å²) in [5.74, 6) is -0.107. The number of aryl methyl sites for hydroxylation is 1. The molecular weight excluding hydrogens is 489 g/mol. The van der Waals surface area contributed by atoms with Gasteiger partial charge in [0.25, 0.3) is 11.8 Å². The molecule has 1 fully saturated rings. The second-order valence-electron chi connectivity index (χ2n) is 10.1. The summed E-state index contributed by atoms with van der Waals surface area (Å²) in [5.41, 5.74) is 1.44. The normalized spacial score (nSPS) is 16.9. The molecule has 1 aliphatic carbocycles. The highest BCUT2D eigenvalue weighted by atomic mass is 19.4. The quantitative estimate of drug-likeness (QED) is 0.445. The molecule has 1 aromatic carbocycles. The van der Waals surface area contributed by atoms with E-state index in [4.69, 9.17) is 4.74 Å². The van der Waals surface area contributed by atoms with Crippen molar-refractivity contribution in [2.24, 2.45) is 5.92 Å². The van der Waals surface area contributed by atoms with Gasteiger partial charge in [0.15, 0.2) is 6.61 Å². The van der Waals surface area contributed by atoms with Gasteiger partial charge in [-0.15, -0.1) is 0 Å². The van der Waals surface area contributed by atoms with E-state index in [-0.39, 0.29) is 18.2 Å². The fourth-order valence-corrected chi connectivity index (χ4v) is 4.12. The third-order valence-corrected chi connectivity index (χ3v) is 6.29. The summed E-state index contributed by atoms with van der Waals surface area (Å²) in [6.07, 6.45) is 1.44. The zero-order chi connectivity index (χ0) is 26.8. The first-order valence-corrected chi connectivity index (χ1v) is 12.3. The molecule has 0 atom stereocenters. The number of benzene rings is 1. The van der Waals surface area contributed by atoms with Crippen molar-refractivity contribution in [2.75, 3.05) is 6.61 Å². The van der Waals surface area contributed by atoms with E-state index in [1.807, 2.05) is 6.08 Å². The maximum absolute atomic E-state index is 13.1. The summed E-state index contributed by atoms with van der Waals surface area (Å²) in [4.78, 5) is 25.3. The fourth-order valence-electron chi connectivity index (χ4n) is 4.12. The molecule has 37 heavy (non-hydrogen) atoms. The van der Waals surface area contributed by atoms with E-state index in [0.717, 1.165) is 12.0 Å². The third kappa shape index (κ3) is 7.34. The summed E-state index contributed by atoms with van der Waals surface area (Å²) < 4.78 is 43.9. The van der Waals surface area contributed by atoms with E-state index >= 15 is 0 Å². The van der Waals surface area contributed by atoms with Crippen molar-refractivity contribution in [3.05, 3.63) is 58.6 Å². The van der Waals surface area contributed by atoms with Gasteiger partial charge in [0.1, 0.15) is 11.4 Å². The number of nitrogens with zero attached hydrogens (tertiary/aromatic N) is 2. The highest BCUT2D eigenvalue weighted by molar-refractivity contribution is 5.99. The molecule has 0 bridgehead atoms. The molecule has 0 radical (unpaired) electrons. The number of ether oxygens (including phenoxy) is 1. The van der Waals surface area contributed by atoms with Crippen molar-refractivity contribution in [3.8, 4) is 5.75 Å². The summed E-state index contributed by atoms with van der Waals surface area (Å²) in [5, 5.41) is 20.2. The van der Waals surface area contributed by atoms with Crippen molar-refractivity contribution in [2.45, 2.75) is 70.8 Å². The minimum atomic E-state index is -4.42. The maximum Gasteiger partial charge on any atom is 0.422 e. The molecule has 1 saturated carbocycles. The highest BCUT2D eigenvalue weighted by Crippen LogP contribution is 2.33. The number of halogens is 3. The Balaban J connectivity index is 1.49. The maximum atomic E-state index is 13.1. The number of carbonyl (C=O) groups is 2. The van der Waals surface area contributed by atoms with Gasteiger partial charge in [0, 0.05) is 18.7 Å². The molecular formula is C26H31F3N4O4. The molecule has 0 unspecified atom stereocenters. The van der Waals surface area contributed by atoms with Gasteiger partial charge in [-0.25, -0.2) is 0 Å². The molecule has 8 nitrogen and oxygen atoms in total. The van der Waals surface area contributed by atoms with E-state index in [0.29, 0.717) is 48.0 Å². The Hall–Kier alpha value is -3.34.